The monoisotopic (exact) mass is 426 g/mol. The van der Waals surface area contributed by atoms with Gasteiger partial charge in [0.05, 0.1) is 0 Å². The fourth-order valence-corrected chi connectivity index (χ4v) is 4.33. The van der Waals surface area contributed by atoms with Crippen LogP contribution in [0.25, 0.3) is 0 Å². The van der Waals surface area contributed by atoms with Crippen LogP contribution in [0.3, 0.4) is 0 Å². The van der Waals surface area contributed by atoms with Crippen molar-refractivity contribution in [1.29, 1.82) is 0 Å². The van der Waals surface area contributed by atoms with Crippen LogP contribution in [0.2, 0.25) is 0 Å². The normalized spacial score (nSPS) is 20.5. The van der Waals surface area contributed by atoms with Crippen LogP contribution >= 0.6 is 0 Å². The first-order chi connectivity index (χ1) is 14.0. The number of nitrogens with one attached hydrogen (secondary N) is 1. The van der Waals surface area contributed by atoms with Gasteiger partial charge in [0.15, 0.2) is 0 Å². The predicted octanol–water partition coefficient (Wildman–Crippen LogP) is 5.59. The number of nitrogens with zero attached hydrogens (tertiary/aromatic N) is 1. The van der Waals surface area contributed by atoms with Crippen LogP contribution in [-0.2, 0) is 9.53 Å². The highest BCUT2D eigenvalue weighted by Crippen LogP contribution is 2.22. The molecule has 2 saturated carbocycles. The van der Waals surface area contributed by atoms with Gasteiger partial charge in [0.25, 0.3) is 0 Å². The molecule has 0 spiro atoms. The van der Waals surface area contributed by atoms with Crippen molar-refractivity contribution in [2.24, 2.45) is 5.92 Å². The quantitative estimate of drug-likeness (QED) is 0.578. The average Bonchev–Trinajstić information content (AvgIpc) is 2.68. The molecule has 2 aliphatic carbocycles. The molecule has 2 atom stereocenters. The van der Waals surface area contributed by atoms with Gasteiger partial charge in [-0.15, -0.1) is 0 Å². The Kier molecular flexibility index (Phi) is 11.7. The predicted molar refractivity (Wildman–Crippen MR) is 122 cm³/mol. The van der Waals surface area contributed by atoms with Gasteiger partial charge >= 0.3 is 12.1 Å². The van der Waals surface area contributed by atoms with E-state index in [-0.39, 0.29) is 5.92 Å². The van der Waals surface area contributed by atoms with E-state index < -0.39 is 23.7 Å². The van der Waals surface area contributed by atoms with Crippen LogP contribution in [0.5, 0.6) is 0 Å². The zero-order valence-electron chi connectivity index (χ0n) is 20.2. The van der Waals surface area contributed by atoms with E-state index in [9.17, 15) is 9.59 Å². The second-order valence-electron chi connectivity index (χ2n) is 10.1. The molecule has 2 rings (SSSR count). The summed E-state index contributed by atoms with van der Waals surface area (Å²) in [6.07, 6.45) is 14.6. The number of hydrogen-bond acceptors (Lipinski definition) is 4. The van der Waals surface area contributed by atoms with Crippen molar-refractivity contribution in [2.45, 2.75) is 129 Å². The smallest absolute Gasteiger partial charge is 0.410 e. The Labute approximate surface area is 184 Å². The molecule has 1 amide bonds. The summed E-state index contributed by atoms with van der Waals surface area (Å²) in [7, 11) is 1.46. The number of carbonyl (C=O) groups is 2. The van der Waals surface area contributed by atoms with E-state index in [1.165, 1.54) is 71.3 Å². The molecule has 0 saturated heterocycles. The molecular formula is C24H46N2O4. The first-order valence-electron chi connectivity index (χ1n) is 12.0. The Morgan fingerprint density at radius 2 is 1.43 bits per heavy atom. The number of hydrogen-bond donors (Lipinski definition) is 2. The fourth-order valence-electron chi connectivity index (χ4n) is 4.33. The Balaban J connectivity index is 0.000000308. The van der Waals surface area contributed by atoms with Crippen molar-refractivity contribution in [1.82, 2.24) is 10.2 Å². The molecule has 2 unspecified atom stereocenters. The summed E-state index contributed by atoms with van der Waals surface area (Å²) in [4.78, 5) is 24.1. The van der Waals surface area contributed by atoms with E-state index in [2.05, 4.69) is 5.32 Å². The number of carboxylic acids is 1. The van der Waals surface area contributed by atoms with Crippen molar-refractivity contribution in [2.75, 3.05) is 7.05 Å². The topological polar surface area (TPSA) is 78.9 Å². The molecule has 30 heavy (non-hydrogen) atoms. The molecule has 0 heterocycles. The van der Waals surface area contributed by atoms with Gasteiger partial charge in [-0.25, -0.2) is 9.59 Å². The minimum Gasteiger partial charge on any atom is -0.480 e. The molecular weight excluding hydrogens is 380 g/mol. The second kappa shape index (κ2) is 13.2. The highest BCUT2D eigenvalue weighted by molar-refractivity contribution is 5.80. The number of likely N-dealkylation sites (N-methyl/N-ethyl adjacent to an activating group) is 1. The molecule has 0 bridgehead atoms. The Bertz CT molecular complexity index is 490. The highest BCUT2D eigenvalue weighted by atomic mass is 16.6. The molecule has 176 valence electrons. The summed E-state index contributed by atoms with van der Waals surface area (Å²) in [5.41, 5.74) is -0.621. The first kappa shape index (κ1) is 26.7. The fraction of sp³-hybridized carbons (Fsp3) is 0.917. The summed E-state index contributed by atoms with van der Waals surface area (Å²) in [5.74, 6) is -1.13. The lowest BCUT2D eigenvalue weighted by Crippen LogP contribution is -2.48. The van der Waals surface area contributed by atoms with E-state index >= 15 is 0 Å². The third-order valence-corrected chi connectivity index (χ3v) is 6.22. The standard InChI is InChI=1S/C12H23NO4.C12H23N/c1-7-8(2)9(10(14)15)13(6)11(16)17-12(3,4)5;1-3-7-11(8-4-1)13-12-9-5-2-6-10-12/h8-9H,7H2,1-6H3,(H,14,15);11-13H,1-10H2. The SMILES string of the molecule is C1CCC(NC2CCCCC2)CC1.CCC(C)C(C(=O)O)N(C)C(=O)OC(C)(C)C. The number of carboxylic acid groups (broad SMARTS) is 1. The van der Waals surface area contributed by atoms with E-state index in [4.69, 9.17) is 9.84 Å². The van der Waals surface area contributed by atoms with Crippen LogP contribution in [0, 0.1) is 5.92 Å². The lowest BCUT2D eigenvalue weighted by Gasteiger charge is -2.31. The maximum atomic E-state index is 11.8. The maximum Gasteiger partial charge on any atom is 0.410 e. The maximum absolute atomic E-state index is 11.8. The molecule has 0 aromatic rings. The van der Waals surface area contributed by atoms with Crippen molar-refractivity contribution in [3.05, 3.63) is 0 Å². The van der Waals surface area contributed by atoms with Gasteiger partial charge in [-0.1, -0.05) is 58.8 Å². The molecule has 6 heteroatoms. The molecule has 2 aliphatic rings. The lowest BCUT2D eigenvalue weighted by atomic mass is 9.91. The molecule has 0 aliphatic heterocycles. The highest BCUT2D eigenvalue weighted by Gasteiger charge is 2.33. The number of amides is 1. The molecule has 2 fully saturated rings. The number of carbonyl (C=O) groups excluding carboxylic acids is 1. The Morgan fingerprint density at radius 1 is 1.00 bits per heavy atom. The number of rotatable bonds is 6. The van der Waals surface area contributed by atoms with Gasteiger partial charge in [-0.2, -0.15) is 0 Å². The van der Waals surface area contributed by atoms with E-state index in [1.54, 1.807) is 27.7 Å². The van der Waals surface area contributed by atoms with Crippen LogP contribution in [0.15, 0.2) is 0 Å². The minimum absolute atomic E-state index is 0.120. The average molecular weight is 427 g/mol. The van der Waals surface area contributed by atoms with Gasteiger partial charge in [0, 0.05) is 19.1 Å². The third kappa shape index (κ3) is 10.1. The van der Waals surface area contributed by atoms with E-state index in [1.807, 2.05) is 6.92 Å². The summed E-state index contributed by atoms with van der Waals surface area (Å²) in [6, 6.07) is 0.892. The summed E-state index contributed by atoms with van der Waals surface area (Å²) >= 11 is 0. The zero-order chi connectivity index (χ0) is 22.7. The zero-order valence-corrected chi connectivity index (χ0v) is 20.2. The van der Waals surface area contributed by atoms with Crippen molar-refractivity contribution >= 4 is 12.1 Å². The van der Waals surface area contributed by atoms with E-state index in [0.717, 1.165) is 17.0 Å². The van der Waals surface area contributed by atoms with Crippen LogP contribution in [0.4, 0.5) is 4.79 Å². The largest absolute Gasteiger partial charge is 0.480 e. The second-order valence-corrected chi connectivity index (χ2v) is 10.1. The summed E-state index contributed by atoms with van der Waals surface area (Å²) in [6.45, 7) is 8.94. The summed E-state index contributed by atoms with van der Waals surface area (Å²) in [5, 5.41) is 13.0. The van der Waals surface area contributed by atoms with Gasteiger partial charge in [0.2, 0.25) is 0 Å². The molecule has 0 aromatic carbocycles. The number of aliphatic carboxylic acids is 1. The molecule has 2 N–H and O–H groups in total. The lowest BCUT2D eigenvalue weighted by molar-refractivity contribution is -0.144. The van der Waals surface area contributed by atoms with Gasteiger partial charge in [-0.05, 0) is 52.4 Å². The van der Waals surface area contributed by atoms with Crippen molar-refractivity contribution in [3.63, 3.8) is 0 Å². The van der Waals surface area contributed by atoms with E-state index in [0.29, 0.717) is 6.42 Å². The van der Waals surface area contributed by atoms with Crippen LogP contribution < -0.4 is 5.32 Å². The first-order valence-corrected chi connectivity index (χ1v) is 12.0. The van der Waals surface area contributed by atoms with Crippen LogP contribution in [0.1, 0.15) is 105 Å². The molecule has 0 aromatic heterocycles. The third-order valence-electron chi connectivity index (χ3n) is 6.22. The Morgan fingerprint density at radius 3 is 1.77 bits per heavy atom. The van der Waals surface area contributed by atoms with Gasteiger partial charge < -0.3 is 15.2 Å². The number of ether oxygens (including phenoxy) is 1. The molecule has 0 radical (unpaired) electrons. The Hall–Kier alpha value is -1.30. The van der Waals surface area contributed by atoms with Crippen molar-refractivity contribution in [3.8, 4) is 0 Å². The summed E-state index contributed by atoms with van der Waals surface area (Å²) < 4.78 is 5.15. The minimum atomic E-state index is -1.01. The van der Waals surface area contributed by atoms with Gasteiger partial charge in [0.1, 0.15) is 11.6 Å². The van der Waals surface area contributed by atoms with Crippen molar-refractivity contribution < 1.29 is 19.4 Å². The van der Waals surface area contributed by atoms with Crippen LogP contribution in [-0.4, -0.2) is 52.8 Å². The van der Waals surface area contributed by atoms with Gasteiger partial charge in [-0.3, -0.25) is 4.90 Å². The molecule has 6 nitrogen and oxygen atoms in total.